The molecule has 100 valence electrons. The van der Waals surface area contributed by atoms with Gasteiger partial charge in [-0.05, 0) is 41.5 Å². The first-order chi connectivity index (χ1) is 7.53. The molecule has 1 aliphatic heterocycles. The number of amides is 1. The van der Waals surface area contributed by atoms with Crippen molar-refractivity contribution in [2.45, 2.75) is 58.7 Å². The van der Waals surface area contributed by atoms with E-state index in [9.17, 15) is 4.79 Å². The topological polar surface area (TPSA) is 49.6 Å². The van der Waals surface area contributed by atoms with Gasteiger partial charge in [0, 0.05) is 31.2 Å². The van der Waals surface area contributed by atoms with E-state index in [0.717, 1.165) is 19.6 Å². The van der Waals surface area contributed by atoms with Gasteiger partial charge in [0.1, 0.15) is 0 Å². The fraction of sp³-hybridized carbons (Fsp3) is 0.923. The number of piperazine rings is 1. The first kappa shape index (κ1) is 14.5. The summed E-state index contributed by atoms with van der Waals surface area (Å²) in [7, 11) is 0. The summed E-state index contributed by atoms with van der Waals surface area (Å²) >= 11 is 0. The smallest absolute Gasteiger partial charge is 0.242 e. The van der Waals surface area contributed by atoms with Crippen LogP contribution in [0.2, 0.25) is 0 Å². The van der Waals surface area contributed by atoms with E-state index in [-0.39, 0.29) is 11.4 Å². The Hall–Kier alpha value is -0.610. The normalized spacial score (nSPS) is 23.9. The molecule has 1 heterocycles. The summed E-state index contributed by atoms with van der Waals surface area (Å²) in [6.45, 7) is 14.8. The molecule has 0 aliphatic carbocycles. The highest BCUT2D eigenvalue weighted by molar-refractivity contribution is 5.85. The van der Waals surface area contributed by atoms with Crippen LogP contribution in [-0.2, 0) is 4.79 Å². The summed E-state index contributed by atoms with van der Waals surface area (Å²) in [6.07, 6.45) is 0. The number of nitrogens with two attached hydrogens (primary N) is 1. The first-order valence-electron chi connectivity index (χ1n) is 6.38. The fourth-order valence-electron chi connectivity index (χ4n) is 2.55. The lowest BCUT2D eigenvalue weighted by molar-refractivity contribution is -0.140. The van der Waals surface area contributed by atoms with E-state index in [4.69, 9.17) is 5.73 Å². The van der Waals surface area contributed by atoms with Gasteiger partial charge in [-0.25, -0.2) is 0 Å². The van der Waals surface area contributed by atoms with Crippen molar-refractivity contribution in [3.8, 4) is 0 Å². The molecule has 0 aromatic heterocycles. The van der Waals surface area contributed by atoms with Crippen molar-refractivity contribution >= 4 is 5.91 Å². The third-order valence-corrected chi connectivity index (χ3v) is 3.33. The molecular weight excluding hydrogens is 214 g/mol. The van der Waals surface area contributed by atoms with Crippen molar-refractivity contribution < 1.29 is 4.79 Å². The Balaban J connectivity index is 2.68. The lowest BCUT2D eigenvalue weighted by Crippen LogP contribution is -2.62. The molecule has 1 aliphatic rings. The zero-order valence-corrected chi connectivity index (χ0v) is 12.1. The van der Waals surface area contributed by atoms with Gasteiger partial charge >= 0.3 is 0 Å². The molecule has 0 spiro atoms. The van der Waals surface area contributed by atoms with Crippen LogP contribution < -0.4 is 5.73 Å². The summed E-state index contributed by atoms with van der Waals surface area (Å²) in [5.41, 5.74) is 5.27. The second-order valence-corrected chi connectivity index (χ2v) is 6.69. The van der Waals surface area contributed by atoms with Crippen LogP contribution in [-0.4, -0.2) is 52.5 Å². The molecular formula is C13H27N3O. The van der Waals surface area contributed by atoms with Gasteiger partial charge in [0.25, 0.3) is 0 Å². The first-order valence-corrected chi connectivity index (χ1v) is 6.38. The minimum absolute atomic E-state index is 0.0536. The van der Waals surface area contributed by atoms with Gasteiger partial charge in [0.2, 0.25) is 5.91 Å². The van der Waals surface area contributed by atoms with Gasteiger partial charge in [-0.2, -0.15) is 0 Å². The molecule has 0 bridgehead atoms. The third-order valence-electron chi connectivity index (χ3n) is 3.33. The second kappa shape index (κ2) is 4.58. The molecule has 0 aromatic carbocycles. The predicted molar refractivity (Wildman–Crippen MR) is 70.8 cm³/mol. The Morgan fingerprint density at radius 3 is 2.06 bits per heavy atom. The standard InChI is InChI=1S/C13H27N3O/c1-10-9-15(11(17)13(5,6)14)7-8-16(10)12(2,3)4/h10H,7-9,14H2,1-6H3/t10-/m1/s1. The lowest BCUT2D eigenvalue weighted by atomic mass is 9.99. The van der Waals surface area contributed by atoms with Crippen LogP contribution in [0.3, 0.4) is 0 Å². The molecule has 4 heteroatoms. The van der Waals surface area contributed by atoms with E-state index in [2.05, 4.69) is 32.6 Å². The van der Waals surface area contributed by atoms with Crippen LogP contribution in [0.25, 0.3) is 0 Å². The van der Waals surface area contributed by atoms with Gasteiger partial charge in [-0.1, -0.05) is 0 Å². The summed E-state index contributed by atoms with van der Waals surface area (Å²) in [6, 6.07) is 0.384. The second-order valence-electron chi connectivity index (χ2n) is 6.69. The van der Waals surface area contributed by atoms with Gasteiger partial charge in [-0.15, -0.1) is 0 Å². The molecule has 1 fully saturated rings. The number of carbonyl (C=O) groups is 1. The molecule has 0 aromatic rings. The van der Waals surface area contributed by atoms with Crippen LogP contribution >= 0.6 is 0 Å². The van der Waals surface area contributed by atoms with Crippen molar-refractivity contribution in [3.63, 3.8) is 0 Å². The average Bonchev–Trinajstić information content (AvgIpc) is 2.12. The highest BCUT2D eigenvalue weighted by atomic mass is 16.2. The van der Waals surface area contributed by atoms with Crippen molar-refractivity contribution in [2.75, 3.05) is 19.6 Å². The third kappa shape index (κ3) is 3.42. The Morgan fingerprint density at radius 1 is 1.18 bits per heavy atom. The maximum Gasteiger partial charge on any atom is 0.242 e. The Kier molecular flexibility index (Phi) is 3.89. The molecule has 2 N–H and O–H groups in total. The van der Waals surface area contributed by atoms with Crippen molar-refractivity contribution in [1.29, 1.82) is 0 Å². The molecule has 1 atom stereocenters. The van der Waals surface area contributed by atoms with E-state index < -0.39 is 5.54 Å². The van der Waals surface area contributed by atoms with Crippen LogP contribution in [0, 0.1) is 0 Å². The summed E-state index contributed by atoms with van der Waals surface area (Å²) in [4.78, 5) is 16.4. The van der Waals surface area contributed by atoms with E-state index in [1.54, 1.807) is 13.8 Å². The lowest BCUT2D eigenvalue weighted by Gasteiger charge is -2.47. The van der Waals surface area contributed by atoms with Gasteiger partial charge in [0.15, 0.2) is 0 Å². The number of hydrogen-bond donors (Lipinski definition) is 1. The fourth-order valence-corrected chi connectivity index (χ4v) is 2.55. The SMILES string of the molecule is C[C@@H]1CN(C(=O)C(C)(C)N)CCN1C(C)(C)C. The van der Waals surface area contributed by atoms with Crippen molar-refractivity contribution in [1.82, 2.24) is 9.80 Å². The monoisotopic (exact) mass is 241 g/mol. The average molecular weight is 241 g/mol. The predicted octanol–water partition coefficient (Wildman–Crippen LogP) is 1.05. The van der Waals surface area contributed by atoms with Gasteiger partial charge in [0.05, 0.1) is 5.54 Å². The zero-order valence-electron chi connectivity index (χ0n) is 12.1. The maximum atomic E-state index is 12.1. The number of carbonyl (C=O) groups excluding carboxylic acids is 1. The Labute approximate surface area is 105 Å². The number of nitrogens with zero attached hydrogens (tertiary/aromatic N) is 2. The van der Waals surface area contributed by atoms with Crippen LogP contribution in [0.15, 0.2) is 0 Å². The molecule has 1 amide bonds. The quantitative estimate of drug-likeness (QED) is 0.746. The highest BCUT2D eigenvalue weighted by Crippen LogP contribution is 2.21. The minimum atomic E-state index is -0.760. The van der Waals surface area contributed by atoms with Crippen LogP contribution in [0.5, 0.6) is 0 Å². The van der Waals surface area contributed by atoms with Crippen molar-refractivity contribution in [2.24, 2.45) is 5.73 Å². The highest BCUT2D eigenvalue weighted by Gasteiger charge is 2.36. The number of hydrogen-bond acceptors (Lipinski definition) is 3. The largest absolute Gasteiger partial charge is 0.338 e. The molecule has 1 saturated heterocycles. The van der Waals surface area contributed by atoms with E-state index >= 15 is 0 Å². The van der Waals surface area contributed by atoms with E-state index in [1.807, 2.05) is 4.90 Å². The molecule has 0 radical (unpaired) electrons. The van der Waals surface area contributed by atoms with Crippen LogP contribution in [0.1, 0.15) is 41.5 Å². The van der Waals surface area contributed by atoms with Gasteiger partial charge in [-0.3, -0.25) is 9.69 Å². The Bertz CT molecular complexity index is 288. The molecule has 17 heavy (non-hydrogen) atoms. The van der Waals surface area contributed by atoms with E-state index in [1.165, 1.54) is 0 Å². The molecule has 0 saturated carbocycles. The van der Waals surface area contributed by atoms with Gasteiger partial charge < -0.3 is 10.6 Å². The zero-order chi connectivity index (χ0) is 13.4. The van der Waals surface area contributed by atoms with Crippen LogP contribution in [0.4, 0.5) is 0 Å². The number of rotatable bonds is 1. The molecule has 4 nitrogen and oxygen atoms in total. The summed E-state index contributed by atoms with van der Waals surface area (Å²) in [5, 5.41) is 0. The minimum Gasteiger partial charge on any atom is -0.338 e. The van der Waals surface area contributed by atoms with E-state index in [0.29, 0.717) is 6.04 Å². The maximum absolute atomic E-state index is 12.1. The molecule has 0 unspecified atom stereocenters. The van der Waals surface area contributed by atoms with Crippen molar-refractivity contribution in [3.05, 3.63) is 0 Å². The summed E-state index contributed by atoms with van der Waals surface area (Å²) in [5.74, 6) is 0.0536. The molecule has 1 rings (SSSR count). The summed E-state index contributed by atoms with van der Waals surface area (Å²) < 4.78 is 0. The Morgan fingerprint density at radius 2 is 1.71 bits per heavy atom.